The number of carbonyl (C=O) groups is 1. The molecule has 0 spiro atoms. The second-order valence-corrected chi connectivity index (χ2v) is 4.29. The first-order valence-electron chi connectivity index (χ1n) is 5.72. The molecule has 4 heteroatoms. The van der Waals surface area contributed by atoms with Gasteiger partial charge in [0.2, 0.25) is 0 Å². The summed E-state index contributed by atoms with van der Waals surface area (Å²) in [4.78, 5) is 16.1. The maximum absolute atomic E-state index is 11.8. The van der Waals surface area contributed by atoms with Gasteiger partial charge in [0.25, 0.3) is 0 Å². The van der Waals surface area contributed by atoms with Gasteiger partial charge in [-0.1, -0.05) is 6.92 Å². The normalized spacial score (nSPS) is 11.5. The standard InChI is InChI=1S/C12H20N2O2/c1-5-8-14-9-7-13-10(14)12(3,4)11(15)16-6-2/h7,9H,5-6,8H2,1-4H3. The van der Waals surface area contributed by atoms with Crippen LogP contribution in [0.5, 0.6) is 0 Å². The van der Waals surface area contributed by atoms with Crippen molar-refractivity contribution in [2.75, 3.05) is 6.61 Å². The van der Waals surface area contributed by atoms with E-state index >= 15 is 0 Å². The first-order chi connectivity index (χ1) is 7.54. The quantitative estimate of drug-likeness (QED) is 0.720. The summed E-state index contributed by atoms with van der Waals surface area (Å²) in [6, 6.07) is 0. The lowest BCUT2D eigenvalue weighted by Gasteiger charge is -2.22. The third-order valence-electron chi connectivity index (χ3n) is 2.52. The van der Waals surface area contributed by atoms with E-state index in [9.17, 15) is 4.79 Å². The number of aromatic nitrogens is 2. The van der Waals surface area contributed by atoms with Crippen molar-refractivity contribution in [3.05, 3.63) is 18.2 Å². The van der Waals surface area contributed by atoms with Gasteiger partial charge in [-0.05, 0) is 27.2 Å². The summed E-state index contributed by atoms with van der Waals surface area (Å²) in [6.45, 7) is 8.88. The minimum atomic E-state index is -0.686. The van der Waals surface area contributed by atoms with Crippen molar-refractivity contribution in [1.82, 2.24) is 9.55 Å². The van der Waals surface area contributed by atoms with E-state index in [4.69, 9.17) is 4.74 Å². The van der Waals surface area contributed by atoms with Gasteiger partial charge in [-0.15, -0.1) is 0 Å². The maximum Gasteiger partial charge on any atom is 0.319 e. The Morgan fingerprint density at radius 3 is 2.75 bits per heavy atom. The fraction of sp³-hybridized carbons (Fsp3) is 0.667. The maximum atomic E-state index is 11.8. The lowest BCUT2D eigenvalue weighted by molar-refractivity contribution is -0.149. The van der Waals surface area contributed by atoms with E-state index in [1.165, 1.54) is 0 Å². The Morgan fingerprint density at radius 1 is 1.50 bits per heavy atom. The Labute approximate surface area is 96.6 Å². The highest BCUT2D eigenvalue weighted by Crippen LogP contribution is 2.23. The summed E-state index contributed by atoms with van der Waals surface area (Å²) in [7, 11) is 0. The van der Waals surface area contributed by atoms with Crippen LogP contribution in [-0.4, -0.2) is 22.1 Å². The van der Waals surface area contributed by atoms with Crippen molar-refractivity contribution in [2.45, 2.75) is 46.1 Å². The molecule has 1 heterocycles. The number of hydrogen-bond donors (Lipinski definition) is 0. The molecule has 0 bridgehead atoms. The van der Waals surface area contributed by atoms with Crippen molar-refractivity contribution < 1.29 is 9.53 Å². The molecule has 0 saturated heterocycles. The molecule has 0 fully saturated rings. The molecule has 0 atom stereocenters. The van der Waals surface area contributed by atoms with Gasteiger partial charge in [0.15, 0.2) is 0 Å². The fourth-order valence-electron chi connectivity index (χ4n) is 1.67. The summed E-state index contributed by atoms with van der Waals surface area (Å²) in [5.74, 6) is 0.548. The van der Waals surface area contributed by atoms with Crippen molar-refractivity contribution in [3.63, 3.8) is 0 Å². The van der Waals surface area contributed by atoms with Crippen molar-refractivity contribution in [2.24, 2.45) is 0 Å². The van der Waals surface area contributed by atoms with Gasteiger partial charge in [0.1, 0.15) is 11.2 Å². The Morgan fingerprint density at radius 2 is 2.19 bits per heavy atom. The second kappa shape index (κ2) is 5.14. The molecule has 0 aromatic carbocycles. The molecular weight excluding hydrogens is 204 g/mol. The van der Waals surface area contributed by atoms with Crippen LogP contribution in [0.4, 0.5) is 0 Å². The lowest BCUT2D eigenvalue weighted by Crippen LogP contribution is -2.34. The van der Waals surface area contributed by atoms with Crippen molar-refractivity contribution in [3.8, 4) is 0 Å². The number of esters is 1. The third kappa shape index (κ3) is 2.43. The molecule has 0 saturated carbocycles. The van der Waals surface area contributed by atoms with Crippen LogP contribution >= 0.6 is 0 Å². The number of ether oxygens (including phenoxy) is 1. The smallest absolute Gasteiger partial charge is 0.319 e. The molecule has 1 aromatic heterocycles. The Bertz CT molecular complexity index is 356. The van der Waals surface area contributed by atoms with Crippen LogP contribution in [0.2, 0.25) is 0 Å². The summed E-state index contributed by atoms with van der Waals surface area (Å²) in [5.41, 5.74) is -0.686. The monoisotopic (exact) mass is 224 g/mol. The van der Waals surface area contributed by atoms with E-state index in [1.54, 1.807) is 6.20 Å². The van der Waals surface area contributed by atoms with Gasteiger partial charge in [-0.25, -0.2) is 4.98 Å². The van der Waals surface area contributed by atoms with Crippen LogP contribution in [0.15, 0.2) is 12.4 Å². The molecule has 0 aliphatic rings. The van der Waals surface area contributed by atoms with Crippen LogP contribution in [0.25, 0.3) is 0 Å². The fourth-order valence-corrected chi connectivity index (χ4v) is 1.67. The first-order valence-corrected chi connectivity index (χ1v) is 5.72. The van der Waals surface area contributed by atoms with Gasteiger partial charge in [-0.3, -0.25) is 4.79 Å². The molecule has 1 rings (SSSR count). The van der Waals surface area contributed by atoms with Gasteiger partial charge in [-0.2, -0.15) is 0 Å². The molecular formula is C12H20N2O2. The minimum Gasteiger partial charge on any atom is -0.465 e. The Balaban J connectivity index is 2.96. The Kier molecular flexibility index (Phi) is 4.10. The predicted molar refractivity (Wildman–Crippen MR) is 62.2 cm³/mol. The van der Waals surface area contributed by atoms with Crippen molar-refractivity contribution in [1.29, 1.82) is 0 Å². The van der Waals surface area contributed by atoms with Gasteiger partial charge in [0.05, 0.1) is 6.61 Å². The second-order valence-electron chi connectivity index (χ2n) is 4.29. The molecule has 0 amide bonds. The van der Waals surface area contributed by atoms with Gasteiger partial charge >= 0.3 is 5.97 Å². The van der Waals surface area contributed by atoms with E-state index < -0.39 is 5.41 Å². The average molecular weight is 224 g/mol. The molecule has 0 N–H and O–H groups in total. The molecule has 0 aliphatic carbocycles. The number of hydrogen-bond acceptors (Lipinski definition) is 3. The zero-order valence-corrected chi connectivity index (χ0v) is 10.5. The topological polar surface area (TPSA) is 44.1 Å². The van der Waals surface area contributed by atoms with E-state index in [0.717, 1.165) is 18.8 Å². The SMILES string of the molecule is CCCn1ccnc1C(C)(C)C(=O)OCC. The van der Waals surface area contributed by atoms with Crippen LogP contribution < -0.4 is 0 Å². The summed E-state index contributed by atoms with van der Waals surface area (Å²) in [5, 5.41) is 0. The highest BCUT2D eigenvalue weighted by Gasteiger charge is 2.35. The van der Waals surface area contributed by atoms with Gasteiger partial charge in [0, 0.05) is 18.9 Å². The first kappa shape index (κ1) is 12.7. The molecule has 0 aliphatic heterocycles. The van der Waals surface area contributed by atoms with Crippen LogP contribution in [0, 0.1) is 0 Å². The number of nitrogens with zero attached hydrogens (tertiary/aromatic N) is 2. The molecule has 1 aromatic rings. The number of rotatable bonds is 5. The van der Waals surface area contributed by atoms with E-state index in [1.807, 2.05) is 31.5 Å². The predicted octanol–water partition coefficient (Wildman–Crippen LogP) is 2.13. The van der Waals surface area contributed by atoms with Crippen LogP contribution in [0.3, 0.4) is 0 Å². The minimum absolute atomic E-state index is 0.224. The summed E-state index contributed by atoms with van der Waals surface area (Å²) in [6.07, 6.45) is 4.65. The summed E-state index contributed by atoms with van der Waals surface area (Å²) >= 11 is 0. The molecule has 0 unspecified atom stereocenters. The molecule has 4 nitrogen and oxygen atoms in total. The number of imidazole rings is 1. The number of carbonyl (C=O) groups excluding carboxylic acids is 1. The highest BCUT2D eigenvalue weighted by atomic mass is 16.5. The average Bonchev–Trinajstić information content (AvgIpc) is 2.67. The van der Waals surface area contributed by atoms with Gasteiger partial charge < -0.3 is 9.30 Å². The highest BCUT2D eigenvalue weighted by molar-refractivity contribution is 5.81. The van der Waals surface area contributed by atoms with E-state index in [0.29, 0.717) is 6.61 Å². The Hall–Kier alpha value is -1.32. The molecule has 0 radical (unpaired) electrons. The summed E-state index contributed by atoms with van der Waals surface area (Å²) < 4.78 is 7.08. The van der Waals surface area contributed by atoms with E-state index in [2.05, 4.69) is 11.9 Å². The van der Waals surface area contributed by atoms with Crippen LogP contribution in [0.1, 0.15) is 39.9 Å². The van der Waals surface area contributed by atoms with Crippen molar-refractivity contribution >= 4 is 5.97 Å². The third-order valence-corrected chi connectivity index (χ3v) is 2.52. The molecule has 90 valence electrons. The lowest BCUT2D eigenvalue weighted by atomic mass is 9.92. The largest absolute Gasteiger partial charge is 0.465 e. The number of aryl methyl sites for hydroxylation is 1. The van der Waals surface area contributed by atoms with E-state index in [-0.39, 0.29) is 5.97 Å². The van der Waals surface area contributed by atoms with Crippen LogP contribution in [-0.2, 0) is 21.5 Å². The zero-order chi connectivity index (χ0) is 12.2. The zero-order valence-electron chi connectivity index (χ0n) is 10.5. The molecule has 16 heavy (non-hydrogen) atoms.